The molecule has 1 amide bonds. The topological polar surface area (TPSA) is 49.3 Å². The van der Waals surface area contributed by atoms with Gasteiger partial charge < -0.3 is 10.4 Å². The second-order valence-electron chi connectivity index (χ2n) is 5.70. The van der Waals surface area contributed by atoms with Crippen LogP contribution in [0.25, 0.3) is 6.08 Å². The van der Waals surface area contributed by atoms with Gasteiger partial charge in [-0.15, -0.1) is 0 Å². The summed E-state index contributed by atoms with van der Waals surface area (Å²) in [5.41, 5.74) is 2.28. The third-order valence-electron chi connectivity index (χ3n) is 3.36. The van der Waals surface area contributed by atoms with Gasteiger partial charge in [0, 0.05) is 6.08 Å². The van der Waals surface area contributed by atoms with Gasteiger partial charge >= 0.3 is 0 Å². The molecule has 0 fully saturated rings. The van der Waals surface area contributed by atoms with Crippen LogP contribution in [0.2, 0.25) is 0 Å². The van der Waals surface area contributed by atoms with Crippen LogP contribution in [0, 0.1) is 5.92 Å². The third kappa shape index (κ3) is 5.17. The molecule has 0 aromatic heterocycles. The molecule has 0 heterocycles. The monoisotopic (exact) mass is 275 g/mol. The number of nitrogens with one attached hydrogen (secondary N) is 1. The van der Waals surface area contributed by atoms with E-state index in [4.69, 9.17) is 0 Å². The fourth-order valence-electron chi connectivity index (χ4n) is 1.82. The Labute approximate surface area is 121 Å². The van der Waals surface area contributed by atoms with Crippen molar-refractivity contribution in [2.75, 3.05) is 6.61 Å². The van der Waals surface area contributed by atoms with Gasteiger partial charge in [0.1, 0.15) is 0 Å². The lowest BCUT2D eigenvalue weighted by Crippen LogP contribution is -2.40. The minimum Gasteiger partial charge on any atom is -0.394 e. The first-order valence-electron chi connectivity index (χ1n) is 7.13. The second kappa shape index (κ2) is 7.85. The molecule has 0 radical (unpaired) electrons. The van der Waals surface area contributed by atoms with E-state index in [0.29, 0.717) is 5.92 Å². The fraction of sp³-hybridized carbons (Fsp3) is 0.471. The lowest BCUT2D eigenvalue weighted by molar-refractivity contribution is -0.117. The van der Waals surface area contributed by atoms with Crippen LogP contribution in [0.15, 0.2) is 30.3 Å². The van der Waals surface area contributed by atoms with Crippen molar-refractivity contribution in [3.05, 3.63) is 41.5 Å². The summed E-state index contributed by atoms with van der Waals surface area (Å²) in [4.78, 5) is 11.8. The highest BCUT2D eigenvalue weighted by atomic mass is 16.3. The highest BCUT2D eigenvalue weighted by Gasteiger charge is 2.13. The van der Waals surface area contributed by atoms with Crippen LogP contribution >= 0.6 is 0 Å². The SMILES string of the molecule is CC(C)c1ccc(C=CC(=O)N[C@H](CO)C(C)C)cc1. The molecule has 110 valence electrons. The number of carbonyl (C=O) groups is 1. The largest absolute Gasteiger partial charge is 0.394 e. The molecule has 3 nitrogen and oxygen atoms in total. The van der Waals surface area contributed by atoms with Gasteiger partial charge in [-0.3, -0.25) is 4.79 Å². The number of hydrogen-bond donors (Lipinski definition) is 2. The Morgan fingerprint density at radius 3 is 2.25 bits per heavy atom. The fourth-order valence-corrected chi connectivity index (χ4v) is 1.82. The maximum atomic E-state index is 11.8. The van der Waals surface area contributed by atoms with Crippen LogP contribution in [0.5, 0.6) is 0 Å². The van der Waals surface area contributed by atoms with E-state index < -0.39 is 0 Å². The quantitative estimate of drug-likeness (QED) is 0.784. The number of rotatable bonds is 6. The van der Waals surface area contributed by atoms with Crippen molar-refractivity contribution in [1.82, 2.24) is 5.32 Å². The summed E-state index contributed by atoms with van der Waals surface area (Å²) in [5.74, 6) is 0.543. The number of amides is 1. The van der Waals surface area contributed by atoms with Gasteiger partial charge in [-0.1, -0.05) is 52.0 Å². The van der Waals surface area contributed by atoms with Gasteiger partial charge in [0.15, 0.2) is 0 Å². The van der Waals surface area contributed by atoms with E-state index >= 15 is 0 Å². The van der Waals surface area contributed by atoms with Gasteiger partial charge in [0.05, 0.1) is 12.6 Å². The first-order chi connectivity index (χ1) is 9.43. The molecule has 3 heteroatoms. The summed E-state index contributed by atoms with van der Waals surface area (Å²) in [5, 5.41) is 12.0. The van der Waals surface area contributed by atoms with E-state index in [9.17, 15) is 9.90 Å². The average molecular weight is 275 g/mol. The van der Waals surface area contributed by atoms with Crippen molar-refractivity contribution in [3.8, 4) is 0 Å². The second-order valence-corrected chi connectivity index (χ2v) is 5.70. The van der Waals surface area contributed by atoms with Crippen molar-refractivity contribution >= 4 is 12.0 Å². The molecular weight excluding hydrogens is 250 g/mol. The Hall–Kier alpha value is -1.61. The minimum atomic E-state index is -0.199. The highest BCUT2D eigenvalue weighted by Crippen LogP contribution is 2.15. The van der Waals surface area contributed by atoms with E-state index in [0.717, 1.165) is 5.56 Å². The molecule has 0 saturated carbocycles. The summed E-state index contributed by atoms with van der Waals surface area (Å²) in [6.45, 7) is 8.20. The predicted molar refractivity (Wildman–Crippen MR) is 83.4 cm³/mol. The van der Waals surface area contributed by atoms with Gasteiger partial charge in [-0.05, 0) is 29.0 Å². The molecule has 20 heavy (non-hydrogen) atoms. The third-order valence-corrected chi connectivity index (χ3v) is 3.36. The molecule has 0 bridgehead atoms. The van der Waals surface area contributed by atoms with Crippen molar-refractivity contribution in [2.45, 2.75) is 39.7 Å². The Balaban J connectivity index is 2.61. The summed E-state index contributed by atoms with van der Waals surface area (Å²) in [6.07, 6.45) is 3.30. The standard InChI is InChI=1S/C17H25NO2/c1-12(2)15-8-5-14(6-9-15)7-10-17(20)18-16(11-19)13(3)4/h5-10,12-13,16,19H,11H2,1-4H3,(H,18,20)/t16-/m1/s1. The Kier molecular flexibility index (Phi) is 6.46. The van der Waals surface area contributed by atoms with E-state index in [2.05, 4.69) is 31.3 Å². The zero-order chi connectivity index (χ0) is 15.1. The van der Waals surface area contributed by atoms with Crippen molar-refractivity contribution in [2.24, 2.45) is 5.92 Å². The zero-order valence-electron chi connectivity index (χ0n) is 12.8. The molecule has 1 aromatic rings. The Bertz CT molecular complexity index is 447. The van der Waals surface area contributed by atoms with Crippen LogP contribution in [-0.2, 0) is 4.79 Å². The van der Waals surface area contributed by atoms with Gasteiger partial charge in [0.25, 0.3) is 0 Å². The molecule has 1 aromatic carbocycles. The molecule has 0 aliphatic carbocycles. The van der Waals surface area contributed by atoms with Crippen LogP contribution in [0.1, 0.15) is 44.7 Å². The number of aliphatic hydroxyl groups is 1. The van der Waals surface area contributed by atoms with Gasteiger partial charge in [-0.25, -0.2) is 0 Å². The smallest absolute Gasteiger partial charge is 0.244 e. The summed E-state index contributed by atoms with van der Waals surface area (Å²) >= 11 is 0. The van der Waals surface area contributed by atoms with Crippen molar-refractivity contribution in [3.63, 3.8) is 0 Å². The summed E-state index contributed by atoms with van der Waals surface area (Å²) < 4.78 is 0. The minimum absolute atomic E-state index is 0.0413. The van der Waals surface area contributed by atoms with Crippen LogP contribution in [-0.4, -0.2) is 23.7 Å². The molecule has 1 rings (SSSR count). The van der Waals surface area contributed by atoms with E-state index in [-0.39, 0.29) is 24.5 Å². The molecule has 2 N–H and O–H groups in total. The summed E-state index contributed by atoms with van der Waals surface area (Å²) in [6, 6.07) is 7.96. The first kappa shape index (κ1) is 16.4. The van der Waals surface area contributed by atoms with Gasteiger partial charge in [-0.2, -0.15) is 0 Å². The normalized spacial score (nSPS) is 13.2. The Morgan fingerprint density at radius 1 is 1.20 bits per heavy atom. The number of benzene rings is 1. The number of hydrogen-bond acceptors (Lipinski definition) is 2. The molecule has 0 unspecified atom stereocenters. The Morgan fingerprint density at radius 2 is 1.80 bits per heavy atom. The van der Waals surface area contributed by atoms with Gasteiger partial charge in [0.2, 0.25) is 5.91 Å². The number of aliphatic hydroxyl groups excluding tert-OH is 1. The van der Waals surface area contributed by atoms with Crippen molar-refractivity contribution in [1.29, 1.82) is 0 Å². The molecule has 0 aliphatic heterocycles. The zero-order valence-corrected chi connectivity index (χ0v) is 12.8. The van der Waals surface area contributed by atoms with Crippen molar-refractivity contribution < 1.29 is 9.90 Å². The molecule has 1 atom stereocenters. The summed E-state index contributed by atoms with van der Waals surface area (Å²) in [7, 11) is 0. The average Bonchev–Trinajstić information content (AvgIpc) is 2.42. The first-order valence-corrected chi connectivity index (χ1v) is 7.13. The number of carbonyl (C=O) groups excluding carboxylic acids is 1. The molecular formula is C17H25NO2. The predicted octanol–water partition coefficient (Wildman–Crippen LogP) is 2.96. The maximum Gasteiger partial charge on any atom is 0.244 e. The lowest BCUT2D eigenvalue weighted by Gasteiger charge is -2.18. The molecule has 0 spiro atoms. The highest BCUT2D eigenvalue weighted by molar-refractivity contribution is 5.91. The molecule has 0 aliphatic rings. The van der Waals surface area contributed by atoms with Crippen LogP contribution < -0.4 is 5.32 Å². The lowest BCUT2D eigenvalue weighted by atomic mass is 10.0. The molecule has 0 saturated heterocycles. The maximum absolute atomic E-state index is 11.8. The van der Waals surface area contributed by atoms with E-state index in [1.165, 1.54) is 11.6 Å². The van der Waals surface area contributed by atoms with E-state index in [1.54, 1.807) is 6.08 Å². The van der Waals surface area contributed by atoms with Crippen LogP contribution in [0.4, 0.5) is 0 Å². The van der Waals surface area contributed by atoms with Crippen LogP contribution in [0.3, 0.4) is 0 Å². The van der Waals surface area contributed by atoms with E-state index in [1.807, 2.05) is 26.0 Å².